The van der Waals surface area contributed by atoms with Crippen molar-refractivity contribution in [1.29, 1.82) is 0 Å². The molecular weight excluding hydrogens is 503 g/mol. The number of thiophene rings is 2. The number of sulfonamides is 1. The van der Waals surface area contributed by atoms with Crippen LogP contribution in [0.2, 0.25) is 0 Å². The number of hydrogen-bond donors (Lipinski definition) is 3. The number of hydrogen-bond acceptors (Lipinski definition) is 10. The summed E-state index contributed by atoms with van der Waals surface area (Å²) >= 11 is 0.749. The average molecular weight is 532 g/mol. The van der Waals surface area contributed by atoms with E-state index in [1.54, 1.807) is 25.2 Å². The molecule has 2 atom stereocenters. The molecule has 3 aromatic rings. The van der Waals surface area contributed by atoms with E-state index in [4.69, 9.17) is 0 Å². The molecule has 0 aromatic carbocycles. The molecule has 3 heterocycles. The summed E-state index contributed by atoms with van der Waals surface area (Å²) in [6, 6.07) is 3.96. The molecule has 0 bridgehead atoms. The van der Waals surface area contributed by atoms with Crippen LogP contribution in [0, 0.1) is 12.3 Å². The second-order valence-electron chi connectivity index (χ2n) is 8.50. The van der Waals surface area contributed by atoms with Gasteiger partial charge in [-0.3, -0.25) is 0 Å². The lowest BCUT2D eigenvalue weighted by Gasteiger charge is -2.30. The number of aryl methyl sites for hydroxylation is 1. The second-order valence-corrected chi connectivity index (χ2v) is 13.7. The van der Waals surface area contributed by atoms with E-state index >= 15 is 0 Å². The van der Waals surface area contributed by atoms with Crippen LogP contribution in [0.1, 0.15) is 50.4 Å². The first-order valence-corrected chi connectivity index (χ1v) is 14.6. The summed E-state index contributed by atoms with van der Waals surface area (Å²) in [5.74, 6) is 0.0710. The highest BCUT2D eigenvalue weighted by Gasteiger charge is 2.32. The van der Waals surface area contributed by atoms with Crippen LogP contribution in [0.4, 0.5) is 17.3 Å². The Balaban J connectivity index is 1.93. The molecule has 0 aliphatic carbocycles. The van der Waals surface area contributed by atoms with Gasteiger partial charge in [-0.1, -0.05) is 34.6 Å². The Morgan fingerprint density at radius 2 is 1.85 bits per heavy atom. The Kier molecular flexibility index (Phi) is 7.71. The van der Waals surface area contributed by atoms with E-state index in [0.717, 1.165) is 16.2 Å². The summed E-state index contributed by atoms with van der Waals surface area (Å²) in [6.45, 7) is 12.4. The number of aromatic nitrogens is 2. The number of nitrogens with zero attached hydrogens (tertiary/aromatic N) is 3. The molecule has 3 rings (SSSR count). The van der Waals surface area contributed by atoms with E-state index in [0.29, 0.717) is 13.1 Å². The van der Waals surface area contributed by atoms with Crippen LogP contribution in [-0.4, -0.2) is 44.2 Å². The maximum atomic E-state index is 12.8. The summed E-state index contributed by atoms with van der Waals surface area (Å²) in [7, 11) is -3.82. The quantitative estimate of drug-likeness (QED) is 0.317. The van der Waals surface area contributed by atoms with Gasteiger partial charge in [-0.2, -0.15) is 4.31 Å². The minimum Gasteiger partial charge on any atom is -0.546 e. The molecule has 0 radical (unpaired) electrons. The monoisotopic (exact) mass is 531 g/mol. The lowest BCUT2D eigenvalue weighted by Crippen LogP contribution is -2.30. The zero-order valence-corrected chi connectivity index (χ0v) is 22.6. The molecule has 0 saturated heterocycles. The van der Waals surface area contributed by atoms with Gasteiger partial charge in [0.05, 0.1) is 11.7 Å². The minimum absolute atomic E-state index is 0.133. The number of anilines is 3. The Morgan fingerprint density at radius 3 is 2.39 bits per heavy atom. The third-order valence-corrected chi connectivity index (χ3v) is 10.3. The van der Waals surface area contributed by atoms with E-state index in [1.807, 2.05) is 13.0 Å². The average Bonchev–Trinajstić information content (AvgIpc) is 3.39. The van der Waals surface area contributed by atoms with Crippen LogP contribution in [0.3, 0.4) is 0 Å². The Bertz CT molecular complexity index is 1210. The van der Waals surface area contributed by atoms with Gasteiger partial charge >= 0.3 is 0 Å². The van der Waals surface area contributed by atoms with Gasteiger partial charge in [0.15, 0.2) is 21.1 Å². The highest BCUT2D eigenvalue weighted by molar-refractivity contribution is 7.91. The van der Waals surface area contributed by atoms with Crippen molar-refractivity contribution < 1.29 is 18.1 Å². The molecule has 0 fully saturated rings. The van der Waals surface area contributed by atoms with Gasteiger partial charge in [0.1, 0.15) is 0 Å². The first-order chi connectivity index (χ1) is 15.4. The van der Waals surface area contributed by atoms with Crippen molar-refractivity contribution in [3.8, 4) is 5.75 Å². The van der Waals surface area contributed by atoms with Crippen LogP contribution in [0.25, 0.3) is 0 Å². The number of aromatic hydroxyl groups is 1. The molecule has 13 heteroatoms. The molecule has 0 aliphatic heterocycles. The molecule has 9 nitrogen and oxygen atoms in total. The largest absolute Gasteiger partial charge is 0.546 e. The summed E-state index contributed by atoms with van der Waals surface area (Å²) in [5, 5.41) is 18.4. The van der Waals surface area contributed by atoms with Gasteiger partial charge in [-0.25, -0.2) is 8.42 Å². The standard InChI is InChI=1S/C20H29N5O4S4/c1-7-25(8-2)33(28,29)19-15(26)13(11-30-19)21-17-18(24-32(27)23-17)22-16(20(4,5)6)14-10-9-12(3)31-14/h9-11,16,26H,7-8H2,1-6H3,(H,21,23)(H,22,24)/t16-,32?/m0/s1. The van der Waals surface area contributed by atoms with E-state index in [2.05, 4.69) is 46.2 Å². The molecule has 182 valence electrons. The minimum atomic E-state index is -3.82. The number of rotatable bonds is 9. The van der Waals surface area contributed by atoms with E-state index < -0.39 is 26.9 Å². The summed E-state index contributed by atoms with van der Waals surface area (Å²) < 4.78 is 47.1. The highest BCUT2D eigenvalue weighted by atomic mass is 32.2. The maximum Gasteiger partial charge on any atom is 0.256 e. The van der Waals surface area contributed by atoms with Crippen LogP contribution in [0.15, 0.2) is 21.7 Å². The normalized spacial score (nSPS) is 14.0. The van der Waals surface area contributed by atoms with Gasteiger partial charge in [-0.15, -0.1) is 22.7 Å². The second kappa shape index (κ2) is 9.84. The molecule has 33 heavy (non-hydrogen) atoms. The molecule has 0 amide bonds. The Morgan fingerprint density at radius 1 is 1.21 bits per heavy atom. The van der Waals surface area contributed by atoms with E-state index in [1.165, 1.54) is 14.6 Å². The van der Waals surface area contributed by atoms with Gasteiger partial charge in [0.2, 0.25) is 11.6 Å². The van der Waals surface area contributed by atoms with Crippen molar-refractivity contribution in [3.63, 3.8) is 0 Å². The lowest BCUT2D eigenvalue weighted by molar-refractivity contribution is 0.351. The molecule has 0 aliphatic rings. The highest BCUT2D eigenvalue weighted by Crippen LogP contribution is 2.43. The van der Waals surface area contributed by atoms with Crippen molar-refractivity contribution >= 4 is 61.2 Å². The molecule has 3 aromatic heterocycles. The van der Waals surface area contributed by atoms with Gasteiger partial charge in [0.25, 0.3) is 10.0 Å². The summed E-state index contributed by atoms with van der Waals surface area (Å²) in [4.78, 5) is 2.28. The molecule has 0 spiro atoms. The van der Waals surface area contributed by atoms with E-state index in [9.17, 15) is 18.1 Å². The third-order valence-electron chi connectivity index (χ3n) is 5.02. The van der Waals surface area contributed by atoms with Crippen LogP contribution < -0.4 is 10.6 Å². The van der Waals surface area contributed by atoms with E-state index in [-0.39, 0.29) is 33.0 Å². The zero-order valence-electron chi connectivity index (χ0n) is 19.4. The fraction of sp³-hybridized carbons (Fsp3) is 0.500. The Hall–Kier alpha value is -1.77. The first-order valence-electron chi connectivity index (χ1n) is 10.4. The van der Waals surface area contributed by atoms with Crippen LogP contribution in [-0.2, 0) is 10.0 Å². The lowest BCUT2D eigenvalue weighted by atomic mass is 9.86. The van der Waals surface area contributed by atoms with Crippen LogP contribution in [0.5, 0.6) is 5.75 Å². The van der Waals surface area contributed by atoms with Crippen molar-refractivity contribution in [2.24, 2.45) is 5.41 Å². The molecular formula is C20H29N5O4S4. The Labute approximate surface area is 205 Å². The zero-order chi connectivity index (χ0) is 24.6. The number of nitrogens with one attached hydrogen (secondary N) is 2. The topological polar surface area (TPSA) is 131 Å². The van der Waals surface area contributed by atoms with Gasteiger partial charge in [0, 0.05) is 37.0 Å². The van der Waals surface area contributed by atoms with Gasteiger partial charge < -0.3 is 20.3 Å². The van der Waals surface area contributed by atoms with Crippen molar-refractivity contribution in [2.75, 3.05) is 23.7 Å². The fourth-order valence-corrected chi connectivity index (χ4v) is 7.94. The smallest absolute Gasteiger partial charge is 0.256 e. The molecule has 3 N–H and O–H groups in total. The molecule has 0 saturated carbocycles. The maximum absolute atomic E-state index is 12.8. The van der Waals surface area contributed by atoms with Crippen LogP contribution >= 0.6 is 33.8 Å². The van der Waals surface area contributed by atoms with Crippen molar-refractivity contribution in [1.82, 2.24) is 13.1 Å². The fourth-order valence-electron chi connectivity index (χ4n) is 3.31. The summed E-state index contributed by atoms with van der Waals surface area (Å²) in [5.41, 5.74) is -0.0259. The summed E-state index contributed by atoms with van der Waals surface area (Å²) in [6.07, 6.45) is 0. The molecule has 1 unspecified atom stereocenters. The van der Waals surface area contributed by atoms with Gasteiger partial charge in [-0.05, 0) is 24.5 Å². The predicted octanol–water partition coefficient (Wildman–Crippen LogP) is 5.31. The first kappa shape index (κ1) is 25.8. The van der Waals surface area contributed by atoms with Crippen molar-refractivity contribution in [3.05, 3.63) is 27.3 Å². The predicted molar refractivity (Wildman–Crippen MR) is 135 cm³/mol. The van der Waals surface area contributed by atoms with Crippen molar-refractivity contribution in [2.45, 2.75) is 51.8 Å². The third kappa shape index (κ3) is 5.49. The SMILES string of the molecule is CCN(CC)S(=O)(=O)c1scc(Nc2n[s+]([O-])nc2N[C@@H](c2ccc(C)s2)C(C)(C)C)c1O.